The summed E-state index contributed by atoms with van der Waals surface area (Å²) in [7, 11) is 0. The number of fused-ring (bicyclic) bond motifs is 9. The van der Waals surface area contributed by atoms with Crippen molar-refractivity contribution in [2.45, 2.75) is 52.2 Å². The molecule has 0 atom stereocenters. The zero-order valence-corrected chi connectivity index (χ0v) is 27.3. The van der Waals surface area contributed by atoms with Crippen LogP contribution in [-0.2, 0) is 28.5 Å². The van der Waals surface area contributed by atoms with E-state index in [-0.39, 0.29) is 40.4 Å². The van der Waals surface area contributed by atoms with Crippen LogP contribution in [0.3, 0.4) is 0 Å². The molecule has 34 heavy (non-hydrogen) atoms. The van der Waals surface area contributed by atoms with E-state index in [4.69, 9.17) is 28.5 Å². The second-order valence-corrected chi connectivity index (χ2v) is 11.3. The molecule has 0 N–H and O–H groups in total. The van der Waals surface area contributed by atoms with Crippen molar-refractivity contribution >= 4 is 137 Å². The Kier molecular flexibility index (Phi) is 12.9. The summed E-state index contributed by atoms with van der Waals surface area (Å²) >= 11 is 19.6. The van der Waals surface area contributed by atoms with E-state index in [0.717, 1.165) is 12.8 Å². The number of hydrogen-bond acceptors (Lipinski definition) is 12. The first kappa shape index (κ1) is 30.1. The van der Waals surface area contributed by atoms with Gasteiger partial charge in [-0.2, -0.15) is 0 Å². The van der Waals surface area contributed by atoms with E-state index in [1.165, 1.54) is 0 Å². The van der Waals surface area contributed by atoms with Gasteiger partial charge < -0.3 is 28.5 Å². The summed E-state index contributed by atoms with van der Waals surface area (Å²) in [6, 6.07) is 0. The standard InChI is InChI=1S/C14H18B2Br6N6O6/c1-3-5-7-15-29-23-9(17)12(20)26-32-16(8-6-4-2,33-27-13(21)10(18)24-30-15)34-28-14(22)11(19)25-31-15/h3-8H2,1-2H3/q-2/b23-9-,24-10-,25-11-,26-12-,27-13-,28-14?. The van der Waals surface area contributed by atoms with Crippen LogP contribution in [0.4, 0.5) is 0 Å². The average molecular weight is 867 g/mol. The highest BCUT2D eigenvalue weighted by Crippen LogP contribution is 2.26. The maximum atomic E-state index is 5.68. The molecule has 0 aromatic carbocycles. The van der Waals surface area contributed by atoms with Crippen LogP contribution in [0.15, 0.2) is 30.9 Å². The molecule has 190 valence electrons. The van der Waals surface area contributed by atoms with Gasteiger partial charge in [0.2, 0.25) is 0 Å². The predicted molar refractivity (Wildman–Crippen MR) is 156 cm³/mol. The summed E-state index contributed by atoms with van der Waals surface area (Å²) in [5.74, 6) is 0. The molecule has 3 rings (SSSR count). The minimum absolute atomic E-state index is 0.122. The van der Waals surface area contributed by atoms with Crippen LogP contribution < -0.4 is 0 Å². The van der Waals surface area contributed by atoms with Gasteiger partial charge >= 0.3 is 13.5 Å². The van der Waals surface area contributed by atoms with Crippen molar-refractivity contribution in [2.75, 3.05) is 0 Å². The monoisotopic (exact) mass is 862 g/mol. The smallest absolute Gasteiger partial charge is 0.539 e. The lowest BCUT2D eigenvalue weighted by Gasteiger charge is -2.36. The molecule has 0 amide bonds. The van der Waals surface area contributed by atoms with E-state index in [0.29, 0.717) is 12.8 Å². The summed E-state index contributed by atoms with van der Waals surface area (Å²) in [6.07, 6.45) is 3.39. The maximum Gasteiger partial charge on any atom is 0.609 e. The van der Waals surface area contributed by atoms with E-state index in [9.17, 15) is 0 Å². The minimum Gasteiger partial charge on any atom is -0.539 e. The molecule has 0 aromatic rings. The summed E-state index contributed by atoms with van der Waals surface area (Å²) in [5.41, 5.74) is 0. The largest absolute Gasteiger partial charge is 0.609 e. The number of hydrogen-bond donors (Lipinski definition) is 0. The first-order valence-electron chi connectivity index (χ1n) is 9.97. The molecule has 2 bridgehead atoms. The summed E-state index contributed by atoms with van der Waals surface area (Å²) in [6.45, 7) is -1.41. The number of halogens is 6. The van der Waals surface area contributed by atoms with Crippen LogP contribution in [-0.4, -0.2) is 41.2 Å². The Bertz CT molecular complexity index is 747. The lowest BCUT2D eigenvalue weighted by atomic mass is 9.73. The first-order valence-corrected chi connectivity index (χ1v) is 14.7. The van der Waals surface area contributed by atoms with Gasteiger partial charge in [0, 0.05) is 0 Å². The SMILES string of the molecule is CCCC[B-]12ON=C(Br)/C(Br)=N/O[B-](CCCC)(O/N=C(Br)/C(Br)=N/O1)O/N=C(Br)/C(Br)=N/O2. The van der Waals surface area contributed by atoms with Gasteiger partial charge in [-0.3, -0.25) is 0 Å². The second-order valence-electron chi connectivity index (χ2n) is 6.79. The number of unbranched alkanes of at least 4 members (excludes halogenated alkanes) is 2. The van der Waals surface area contributed by atoms with Gasteiger partial charge in [0.25, 0.3) is 0 Å². The number of nitrogens with zero attached hydrogens (tertiary/aromatic N) is 6. The lowest BCUT2D eigenvalue weighted by molar-refractivity contribution is 0.0634. The first-order chi connectivity index (χ1) is 16.2. The fourth-order valence-corrected chi connectivity index (χ4v) is 3.26. The normalized spacial score (nSPS) is 33.8. The van der Waals surface area contributed by atoms with Gasteiger partial charge in [0.15, 0.2) is 27.7 Å². The Morgan fingerprint density at radius 3 is 0.853 bits per heavy atom. The molecule has 0 spiro atoms. The summed E-state index contributed by atoms with van der Waals surface area (Å²) < 4.78 is 34.8. The van der Waals surface area contributed by atoms with Crippen molar-refractivity contribution in [1.82, 2.24) is 0 Å². The molecule has 3 heterocycles. The molecular formula is C14H18B2Br6N6O6-2. The second kappa shape index (κ2) is 14.5. The minimum atomic E-state index is -2.70. The van der Waals surface area contributed by atoms with Gasteiger partial charge in [-0.1, -0.05) is 52.2 Å². The molecule has 0 aromatic heterocycles. The highest BCUT2D eigenvalue weighted by atomic mass is 79.9. The third-order valence-corrected chi connectivity index (χ3v) is 8.81. The third-order valence-electron chi connectivity index (χ3n) is 4.09. The molecule has 20 heteroatoms. The van der Waals surface area contributed by atoms with Crippen LogP contribution in [0.5, 0.6) is 0 Å². The van der Waals surface area contributed by atoms with E-state index in [1.807, 2.05) is 13.8 Å². The zero-order chi connectivity index (χ0) is 25.2. The zero-order valence-electron chi connectivity index (χ0n) is 17.8. The Morgan fingerprint density at radius 2 is 0.676 bits per heavy atom. The maximum absolute atomic E-state index is 5.68. The fraction of sp³-hybridized carbons (Fsp3) is 0.571. The molecule has 3 aliphatic heterocycles. The number of rotatable bonds is 6. The Morgan fingerprint density at radius 1 is 0.471 bits per heavy atom. The molecule has 0 fully saturated rings. The van der Waals surface area contributed by atoms with Gasteiger partial charge in [-0.15, -0.1) is 30.9 Å². The third kappa shape index (κ3) is 9.05. The molecular weight excluding hydrogens is 849 g/mol. The van der Waals surface area contributed by atoms with Crippen molar-refractivity contribution in [2.24, 2.45) is 30.9 Å². The molecule has 0 radical (unpaired) electrons. The Balaban J connectivity index is 2.73. The molecule has 3 aliphatic rings. The van der Waals surface area contributed by atoms with Crippen LogP contribution in [0.1, 0.15) is 39.5 Å². The average Bonchev–Trinajstić information content (AvgIpc) is 2.84. The molecule has 0 saturated heterocycles. The van der Waals surface area contributed by atoms with Crippen LogP contribution in [0, 0.1) is 0 Å². The van der Waals surface area contributed by atoms with Crippen molar-refractivity contribution in [3.05, 3.63) is 0 Å². The van der Waals surface area contributed by atoms with Crippen LogP contribution in [0.25, 0.3) is 0 Å². The highest BCUT2D eigenvalue weighted by molar-refractivity contribution is 9.25. The molecule has 0 aliphatic carbocycles. The summed E-state index contributed by atoms with van der Waals surface area (Å²) in [5, 5.41) is 24.1. The van der Waals surface area contributed by atoms with Crippen LogP contribution in [0.2, 0.25) is 12.6 Å². The Labute approximate surface area is 246 Å². The van der Waals surface area contributed by atoms with Crippen molar-refractivity contribution in [3.8, 4) is 0 Å². The Hall–Kier alpha value is -0.170. The summed E-state index contributed by atoms with van der Waals surface area (Å²) in [4.78, 5) is 0. The molecule has 0 unspecified atom stereocenters. The highest BCUT2D eigenvalue weighted by Gasteiger charge is 2.40. The molecule has 12 nitrogen and oxygen atoms in total. The van der Waals surface area contributed by atoms with Gasteiger partial charge in [0.1, 0.15) is 0 Å². The van der Waals surface area contributed by atoms with E-state index in [1.54, 1.807) is 0 Å². The van der Waals surface area contributed by atoms with E-state index >= 15 is 0 Å². The van der Waals surface area contributed by atoms with Gasteiger partial charge in [-0.05, 0) is 95.6 Å². The van der Waals surface area contributed by atoms with Crippen molar-refractivity contribution < 1.29 is 28.5 Å². The topological polar surface area (TPSA) is 130 Å². The van der Waals surface area contributed by atoms with Crippen LogP contribution >= 0.6 is 95.6 Å². The molecule has 0 saturated carbocycles. The van der Waals surface area contributed by atoms with Gasteiger partial charge in [-0.25, -0.2) is 0 Å². The van der Waals surface area contributed by atoms with Crippen molar-refractivity contribution in [3.63, 3.8) is 0 Å². The predicted octanol–water partition coefficient (Wildman–Crippen LogP) is 6.84. The van der Waals surface area contributed by atoms with E-state index < -0.39 is 13.5 Å². The fourth-order valence-electron chi connectivity index (χ4n) is 2.33. The van der Waals surface area contributed by atoms with Crippen molar-refractivity contribution in [1.29, 1.82) is 0 Å². The quantitative estimate of drug-likeness (QED) is 0.269. The van der Waals surface area contributed by atoms with Gasteiger partial charge in [0.05, 0.1) is 0 Å². The number of oxime groups is 6. The van der Waals surface area contributed by atoms with E-state index in [2.05, 4.69) is 127 Å². The lowest BCUT2D eigenvalue weighted by Crippen LogP contribution is -2.44.